The van der Waals surface area contributed by atoms with Gasteiger partial charge in [0.05, 0.1) is 0 Å². The Balaban J connectivity index is 2.46. The molecule has 0 aromatic heterocycles. The van der Waals surface area contributed by atoms with Gasteiger partial charge in [-0.2, -0.15) is 17.0 Å². The van der Waals surface area contributed by atoms with Crippen molar-refractivity contribution in [1.29, 1.82) is 0 Å². The zero-order chi connectivity index (χ0) is 12.2. The molecule has 5 nitrogen and oxygen atoms in total. The zero-order valence-electron chi connectivity index (χ0n) is 10.1. The molecule has 96 valence electrons. The Hall–Kier alpha value is -0.170. The maximum absolute atomic E-state index is 12.0. The molecule has 0 bridgehead atoms. The van der Waals surface area contributed by atoms with E-state index in [0.717, 1.165) is 12.8 Å². The minimum absolute atomic E-state index is 0.0200. The third kappa shape index (κ3) is 3.41. The molecule has 0 aromatic carbocycles. The highest BCUT2D eigenvalue weighted by Crippen LogP contribution is 2.27. The number of hydrogen-bond donors (Lipinski definition) is 1. The van der Waals surface area contributed by atoms with Crippen molar-refractivity contribution in [3.63, 3.8) is 0 Å². The molecule has 0 atom stereocenters. The molecule has 0 unspecified atom stereocenters. The van der Waals surface area contributed by atoms with Crippen molar-refractivity contribution in [2.24, 2.45) is 5.92 Å². The van der Waals surface area contributed by atoms with E-state index in [0.29, 0.717) is 25.4 Å². The van der Waals surface area contributed by atoms with Crippen LogP contribution in [0.1, 0.15) is 25.7 Å². The van der Waals surface area contributed by atoms with Crippen LogP contribution in [0.15, 0.2) is 0 Å². The van der Waals surface area contributed by atoms with Crippen molar-refractivity contribution in [2.75, 3.05) is 33.8 Å². The Morgan fingerprint density at radius 3 is 2.31 bits per heavy atom. The zero-order valence-corrected chi connectivity index (χ0v) is 10.9. The van der Waals surface area contributed by atoms with Gasteiger partial charge in [-0.05, 0) is 25.2 Å². The number of rotatable bonds is 7. The Kier molecular flexibility index (Phi) is 5.17. The van der Waals surface area contributed by atoms with Gasteiger partial charge in [-0.3, -0.25) is 0 Å². The molecule has 16 heavy (non-hydrogen) atoms. The molecule has 1 aliphatic rings. The summed E-state index contributed by atoms with van der Waals surface area (Å²) in [4.78, 5) is 0. The van der Waals surface area contributed by atoms with Crippen LogP contribution in [0.4, 0.5) is 0 Å². The molecule has 0 spiro atoms. The SMILES string of the molecule is CN(CCCO)S(=O)(=O)N(C)CC1CCC1. The second-order valence-corrected chi connectivity index (χ2v) is 6.63. The molecule has 1 saturated carbocycles. The average molecular weight is 250 g/mol. The highest BCUT2D eigenvalue weighted by atomic mass is 32.2. The predicted molar refractivity (Wildman–Crippen MR) is 63.2 cm³/mol. The lowest BCUT2D eigenvalue weighted by molar-refractivity contribution is 0.248. The molecule has 0 amide bonds. The first kappa shape index (κ1) is 13.9. The van der Waals surface area contributed by atoms with Gasteiger partial charge in [0.1, 0.15) is 0 Å². The standard InChI is InChI=1S/C10H22N2O3S/c1-11(7-4-8-13)16(14,15)12(2)9-10-5-3-6-10/h10,13H,3-9H2,1-2H3. The van der Waals surface area contributed by atoms with Crippen molar-refractivity contribution in [2.45, 2.75) is 25.7 Å². The van der Waals surface area contributed by atoms with Crippen LogP contribution in [0.2, 0.25) is 0 Å². The Morgan fingerprint density at radius 1 is 1.25 bits per heavy atom. The Labute approximate surface area is 98.2 Å². The lowest BCUT2D eigenvalue weighted by Crippen LogP contribution is -2.43. The van der Waals surface area contributed by atoms with Crippen molar-refractivity contribution in [3.8, 4) is 0 Å². The van der Waals surface area contributed by atoms with Crippen molar-refractivity contribution >= 4 is 10.2 Å². The van der Waals surface area contributed by atoms with E-state index in [2.05, 4.69) is 0 Å². The van der Waals surface area contributed by atoms with Crippen LogP contribution in [0.5, 0.6) is 0 Å². The van der Waals surface area contributed by atoms with Gasteiger partial charge in [0.2, 0.25) is 0 Å². The van der Waals surface area contributed by atoms with Gasteiger partial charge in [0.15, 0.2) is 0 Å². The number of nitrogens with zero attached hydrogens (tertiary/aromatic N) is 2. The van der Waals surface area contributed by atoms with Crippen molar-refractivity contribution in [3.05, 3.63) is 0 Å². The van der Waals surface area contributed by atoms with Gasteiger partial charge in [-0.25, -0.2) is 0 Å². The maximum Gasteiger partial charge on any atom is 0.281 e. The van der Waals surface area contributed by atoms with Gasteiger partial charge >= 0.3 is 0 Å². The Morgan fingerprint density at radius 2 is 1.88 bits per heavy atom. The molecule has 0 aliphatic heterocycles. The van der Waals surface area contributed by atoms with Gasteiger partial charge in [-0.15, -0.1) is 0 Å². The summed E-state index contributed by atoms with van der Waals surface area (Å²) < 4.78 is 26.7. The number of aliphatic hydroxyl groups excluding tert-OH is 1. The molecular weight excluding hydrogens is 228 g/mol. The van der Waals surface area contributed by atoms with E-state index >= 15 is 0 Å². The van der Waals surface area contributed by atoms with Crippen molar-refractivity contribution in [1.82, 2.24) is 8.61 Å². The van der Waals surface area contributed by atoms with E-state index in [1.165, 1.54) is 15.0 Å². The molecule has 1 N–H and O–H groups in total. The Bertz CT molecular complexity index is 301. The lowest BCUT2D eigenvalue weighted by atomic mass is 9.86. The predicted octanol–water partition coefficient (Wildman–Crippen LogP) is 0.277. The smallest absolute Gasteiger partial charge is 0.281 e. The molecule has 1 fully saturated rings. The average Bonchev–Trinajstić information content (AvgIpc) is 2.19. The quantitative estimate of drug-likeness (QED) is 0.706. The molecule has 1 rings (SSSR count). The van der Waals surface area contributed by atoms with Gasteiger partial charge in [0.25, 0.3) is 10.2 Å². The normalized spacial score (nSPS) is 18.1. The van der Waals surface area contributed by atoms with Crippen LogP contribution < -0.4 is 0 Å². The maximum atomic E-state index is 12.0. The topological polar surface area (TPSA) is 60.9 Å². The third-order valence-corrected chi connectivity index (χ3v) is 5.07. The second-order valence-electron chi connectivity index (χ2n) is 4.48. The molecule has 0 radical (unpaired) electrons. The summed E-state index contributed by atoms with van der Waals surface area (Å²) in [5.74, 6) is 0.533. The monoisotopic (exact) mass is 250 g/mol. The van der Waals surface area contributed by atoms with Gasteiger partial charge < -0.3 is 5.11 Å². The van der Waals surface area contributed by atoms with E-state index in [1.54, 1.807) is 14.1 Å². The number of aliphatic hydroxyl groups is 1. The number of hydrogen-bond acceptors (Lipinski definition) is 3. The van der Waals surface area contributed by atoms with Crippen molar-refractivity contribution < 1.29 is 13.5 Å². The van der Waals surface area contributed by atoms with Crippen LogP contribution in [0.3, 0.4) is 0 Å². The summed E-state index contributed by atoms with van der Waals surface area (Å²) in [6.07, 6.45) is 3.98. The van der Waals surface area contributed by atoms with Crippen LogP contribution in [-0.4, -0.2) is 55.9 Å². The minimum Gasteiger partial charge on any atom is -0.396 e. The fraction of sp³-hybridized carbons (Fsp3) is 1.00. The summed E-state index contributed by atoms with van der Waals surface area (Å²) in [6, 6.07) is 0. The molecule has 0 aromatic rings. The molecule has 0 heterocycles. The fourth-order valence-electron chi connectivity index (χ4n) is 1.78. The largest absolute Gasteiger partial charge is 0.396 e. The summed E-state index contributed by atoms with van der Waals surface area (Å²) in [5.41, 5.74) is 0. The molecular formula is C10H22N2O3S. The van der Waals surface area contributed by atoms with E-state index < -0.39 is 10.2 Å². The van der Waals surface area contributed by atoms with Crippen LogP contribution in [-0.2, 0) is 10.2 Å². The van der Waals surface area contributed by atoms with Crippen LogP contribution in [0, 0.1) is 5.92 Å². The summed E-state index contributed by atoms with van der Waals surface area (Å²) in [7, 11) is -0.141. The summed E-state index contributed by atoms with van der Waals surface area (Å²) in [6.45, 7) is 1.01. The van der Waals surface area contributed by atoms with E-state index in [4.69, 9.17) is 5.11 Å². The first-order chi connectivity index (χ1) is 7.48. The molecule has 6 heteroatoms. The van der Waals surface area contributed by atoms with E-state index in [9.17, 15) is 8.42 Å². The molecule has 0 saturated heterocycles. The van der Waals surface area contributed by atoms with Gasteiger partial charge in [-0.1, -0.05) is 6.42 Å². The fourth-order valence-corrected chi connectivity index (χ4v) is 3.01. The summed E-state index contributed by atoms with van der Waals surface area (Å²) >= 11 is 0. The van der Waals surface area contributed by atoms with E-state index in [-0.39, 0.29) is 6.61 Å². The van der Waals surface area contributed by atoms with Crippen LogP contribution in [0.25, 0.3) is 0 Å². The highest BCUT2D eigenvalue weighted by Gasteiger charge is 2.27. The van der Waals surface area contributed by atoms with E-state index in [1.807, 2.05) is 0 Å². The molecule has 1 aliphatic carbocycles. The highest BCUT2D eigenvalue weighted by molar-refractivity contribution is 7.86. The first-order valence-corrected chi connectivity index (χ1v) is 7.16. The second kappa shape index (κ2) is 5.95. The first-order valence-electron chi connectivity index (χ1n) is 5.77. The minimum atomic E-state index is -3.33. The van der Waals surface area contributed by atoms with Crippen LogP contribution >= 0.6 is 0 Å². The van der Waals surface area contributed by atoms with Gasteiger partial charge in [0, 0.05) is 33.8 Å². The summed E-state index contributed by atoms with van der Waals surface area (Å²) in [5, 5.41) is 8.68. The third-order valence-electron chi connectivity index (χ3n) is 3.16. The lowest BCUT2D eigenvalue weighted by Gasteiger charge is -2.31.